The van der Waals surface area contributed by atoms with Gasteiger partial charge in [0.2, 0.25) is 15.9 Å². The third-order valence-corrected chi connectivity index (χ3v) is 8.55. The van der Waals surface area contributed by atoms with Crippen LogP contribution in [0.4, 0.5) is 0 Å². The van der Waals surface area contributed by atoms with Crippen LogP contribution in [-0.2, 0) is 27.8 Å². The Kier molecular flexibility index (Phi) is 4.85. The van der Waals surface area contributed by atoms with Crippen molar-refractivity contribution in [2.24, 2.45) is 5.92 Å². The van der Waals surface area contributed by atoms with E-state index in [-0.39, 0.29) is 23.3 Å². The number of aryl methyl sites for hydroxylation is 2. The number of fused-ring (bicyclic) bond motifs is 1. The largest absolute Gasteiger partial charge is 0.360 e. The van der Waals surface area contributed by atoms with Crippen molar-refractivity contribution in [1.82, 2.24) is 14.4 Å². The number of thiophene rings is 1. The van der Waals surface area contributed by atoms with Gasteiger partial charge >= 0.3 is 0 Å². The average Bonchev–Trinajstić information content (AvgIpc) is 3.26. The molecule has 9 heteroatoms. The van der Waals surface area contributed by atoms with Gasteiger partial charge in [0.1, 0.15) is 10.6 Å². The molecule has 0 spiro atoms. The van der Waals surface area contributed by atoms with Gasteiger partial charge < -0.3 is 9.42 Å². The lowest BCUT2D eigenvalue weighted by atomic mass is 9.97. The van der Waals surface area contributed by atoms with Gasteiger partial charge in [-0.15, -0.1) is 11.3 Å². The Hall–Kier alpha value is -1.71. The highest BCUT2D eigenvalue weighted by molar-refractivity contribution is 7.89. The summed E-state index contributed by atoms with van der Waals surface area (Å²) in [5.41, 5.74) is 1.58. The van der Waals surface area contributed by atoms with Crippen molar-refractivity contribution < 1.29 is 17.7 Å². The van der Waals surface area contributed by atoms with Gasteiger partial charge in [-0.3, -0.25) is 4.79 Å². The van der Waals surface area contributed by atoms with Gasteiger partial charge in [0.25, 0.3) is 0 Å². The van der Waals surface area contributed by atoms with Gasteiger partial charge in [-0.2, -0.15) is 4.31 Å². The van der Waals surface area contributed by atoms with E-state index >= 15 is 0 Å². The molecule has 1 fully saturated rings. The van der Waals surface area contributed by atoms with E-state index < -0.39 is 10.0 Å². The zero-order valence-corrected chi connectivity index (χ0v) is 17.1. The summed E-state index contributed by atoms with van der Waals surface area (Å²) >= 11 is 1.74. The number of amides is 1. The zero-order chi connectivity index (χ0) is 19.2. The van der Waals surface area contributed by atoms with E-state index in [9.17, 15) is 13.2 Å². The molecule has 0 aliphatic carbocycles. The smallest absolute Gasteiger partial charge is 0.248 e. The van der Waals surface area contributed by atoms with Crippen molar-refractivity contribution in [2.75, 3.05) is 19.6 Å². The third kappa shape index (κ3) is 3.32. The number of carbonyl (C=O) groups excluding carboxylic acids is 1. The van der Waals surface area contributed by atoms with Gasteiger partial charge in [-0.1, -0.05) is 5.16 Å². The van der Waals surface area contributed by atoms with E-state index in [0.717, 1.165) is 12.8 Å². The number of nitrogens with zero attached hydrogens (tertiary/aromatic N) is 3. The van der Waals surface area contributed by atoms with Crippen molar-refractivity contribution >= 4 is 27.3 Å². The first-order valence-corrected chi connectivity index (χ1v) is 11.5. The quantitative estimate of drug-likeness (QED) is 0.777. The molecule has 2 aromatic rings. The van der Waals surface area contributed by atoms with E-state index in [1.807, 2.05) is 4.90 Å². The Morgan fingerprint density at radius 3 is 2.89 bits per heavy atom. The summed E-state index contributed by atoms with van der Waals surface area (Å²) in [6.07, 6.45) is 2.28. The second kappa shape index (κ2) is 7.03. The van der Waals surface area contributed by atoms with Gasteiger partial charge in [0, 0.05) is 31.1 Å². The fourth-order valence-electron chi connectivity index (χ4n) is 4.03. The molecular weight excluding hydrogens is 386 g/mol. The van der Waals surface area contributed by atoms with Crippen LogP contribution in [0.15, 0.2) is 20.9 Å². The molecule has 0 radical (unpaired) electrons. The summed E-state index contributed by atoms with van der Waals surface area (Å²) in [4.78, 5) is 16.4. The first kappa shape index (κ1) is 18.6. The van der Waals surface area contributed by atoms with Crippen molar-refractivity contribution in [3.8, 4) is 0 Å². The molecule has 27 heavy (non-hydrogen) atoms. The highest BCUT2D eigenvalue weighted by Gasteiger charge is 2.38. The van der Waals surface area contributed by atoms with Crippen LogP contribution in [-0.4, -0.2) is 48.3 Å². The minimum atomic E-state index is -3.71. The summed E-state index contributed by atoms with van der Waals surface area (Å²) in [7, 11) is -3.71. The predicted octanol–water partition coefficient (Wildman–Crippen LogP) is 2.34. The molecule has 0 bridgehead atoms. The number of aromatic nitrogens is 1. The summed E-state index contributed by atoms with van der Waals surface area (Å²) < 4.78 is 32.6. The topological polar surface area (TPSA) is 83.7 Å². The van der Waals surface area contributed by atoms with Crippen LogP contribution in [0.2, 0.25) is 0 Å². The van der Waals surface area contributed by atoms with Crippen molar-refractivity contribution in [3.63, 3.8) is 0 Å². The van der Waals surface area contributed by atoms with Crippen molar-refractivity contribution in [1.29, 1.82) is 0 Å². The Balaban J connectivity index is 1.51. The maximum atomic E-state index is 13.1. The molecule has 4 rings (SSSR count). The predicted molar refractivity (Wildman–Crippen MR) is 101 cm³/mol. The summed E-state index contributed by atoms with van der Waals surface area (Å²) in [6, 6.07) is 2.08. The molecule has 0 aromatic carbocycles. The van der Waals surface area contributed by atoms with Gasteiger partial charge in [-0.05, 0) is 50.1 Å². The Morgan fingerprint density at radius 1 is 1.33 bits per heavy atom. The Bertz CT molecular complexity index is 944. The van der Waals surface area contributed by atoms with Crippen LogP contribution in [0.3, 0.4) is 0 Å². The van der Waals surface area contributed by atoms with E-state index in [2.05, 4.69) is 16.6 Å². The normalized spacial score (nSPS) is 21.3. The van der Waals surface area contributed by atoms with Crippen LogP contribution < -0.4 is 0 Å². The third-order valence-electron chi connectivity index (χ3n) is 5.42. The highest BCUT2D eigenvalue weighted by Crippen LogP contribution is 2.30. The fraction of sp³-hybridized carbons (Fsp3) is 0.556. The Morgan fingerprint density at radius 2 is 2.15 bits per heavy atom. The van der Waals surface area contributed by atoms with Crippen LogP contribution in [0.25, 0.3) is 0 Å². The van der Waals surface area contributed by atoms with Crippen LogP contribution in [0.1, 0.15) is 34.7 Å². The Labute approximate surface area is 163 Å². The van der Waals surface area contributed by atoms with E-state index in [4.69, 9.17) is 4.52 Å². The zero-order valence-electron chi connectivity index (χ0n) is 15.5. The standard InChI is InChI=1S/C18H23N3O4S2/c1-12-17(13(2)25-19-12)27(23,24)21-7-3-4-15(11-21)18(22)20-8-5-16-14(10-20)6-9-26-16/h6,9,15H,3-5,7-8,10-11H2,1-2H3. The number of hydrogen-bond acceptors (Lipinski definition) is 6. The lowest BCUT2D eigenvalue weighted by Gasteiger charge is -2.35. The molecule has 2 aromatic heterocycles. The van der Waals surface area contributed by atoms with Gasteiger partial charge in [0.05, 0.1) is 5.92 Å². The molecular formula is C18H23N3O4S2. The lowest BCUT2D eigenvalue weighted by Crippen LogP contribution is -2.47. The summed E-state index contributed by atoms with van der Waals surface area (Å²) in [5, 5.41) is 5.83. The number of hydrogen-bond donors (Lipinski definition) is 0. The molecule has 1 saturated heterocycles. The number of sulfonamides is 1. The van der Waals surface area contributed by atoms with Crippen molar-refractivity contribution in [2.45, 2.75) is 44.6 Å². The number of rotatable bonds is 3. The monoisotopic (exact) mass is 409 g/mol. The molecule has 0 N–H and O–H groups in total. The molecule has 7 nitrogen and oxygen atoms in total. The minimum absolute atomic E-state index is 0.0607. The van der Waals surface area contributed by atoms with Crippen LogP contribution in [0.5, 0.6) is 0 Å². The molecule has 2 aliphatic heterocycles. The van der Waals surface area contributed by atoms with Crippen molar-refractivity contribution in [3.05, 3.63) is 33.3 Å². The second-order valence-corrected chi connectivity index (χ2v) is 10.1. The molecule has 146 valence electrons. The number of piperidine rings is 1. The van der Waals surface area contributed by atoms with Gasteiger partial charge in [0.15, 0.2) is 5.76 Å². The summed E-state index contributed by atoms with van der Waals surface area (Å²) in [5.74, 6) is 0.0571. The fourth-order valence-corrected chi connectivity index (χ4v) is 6.73. The van der Waals surface area contributed by atoms with Crippen LogP contribution >= 0.6 is 11.3 Å². The second-order valence-electron chi connectivity index (χ2n) is 7.23. The lowest BCUT2D eigenvalue weighted by molar-refractivity contribution is -0.137. The SMILES string of the molecule is Cc1noc(C)c1S(=O)(=O)N1CCCC(C(=O)N2CCc3sccc3C2)C1. The first-order valence-electron chi connectivity index (χ1n) is 9.15. The van der Waals surface area contributed by atoms with E-state index in [1.165, 1.54) is 14.7 Å². The first-order chi connectivity index (χ1) is 12.9. The highest BCUT2D eigenvalue weighted by atomic mass is 32.2. The molecule has 1 unspecified atom stereocenters. The minimum Gasteiger partial charge on any atom is -0.360 e. The van der Waals surface area contributed by atoms with E-state index in [0.29, 0.717) is 37.5 Å². The molecule has 4 heterocycles. The molecule has 1 amide bonds. The summed E-state index contributed by atoms with van der Waals surface area (Å²) in [6.45, 7) is 5.21. The molecule has 2 aliphatic rings. The van der Waals surface area contributed by atoms with Gasteiger partial charge in [-0.25, -0.2) is 8.42 Å². The molecule has 0 saturated carbocycles. The maximum absolute atomic E-state index is 13.1. The van der Waals surface area contributed by atoms with E-state index in [1.54, 1.807) is 25.2 Å². The number of carbonyl (C=O) groups is 1. The van der Waals surface area contributed by atoms with Crippen LogP contribution in [0, 0.1) is 19.8 Å². The molecule has 1 atom stereocenters. The average molecular weight is 410 g/mol. The maximum Gasteiger partial charge on any atom is 0.248 e.